The monoisotopic (exact) mass is 307 g/mol. The average Bonchev–Trinajstić information content (AvgIpc) is 3.25. The van der Waals surface area contributed by atoms with Crippen molar-refractivity contribution in [2.75, 3.05) is 7.11 Å². The summed E-state index contributed by atoms with van der Waals surface area (Å²) in [4.78, 5) is 6.26. The quantitative estimate of drug-likeness (QED) is 0.681. The molecule has 3 aromatic rings. The molecule has 0 aliphatic heterocycles. The molecule has 0 amide bonds. The highest BCUT2D eigenvalue weighted by atomic mass is 32.1. The maximum Gasteiger partial charge on any atom is 0.118 e. The van der Waals surface area contributed by atoms with Gasteiger partial charge in [-0.15, -0.1) is 11.3 Å². The van der Waals surface area contributed by atoms with Crippen LogP contribution in [-0.4, -0.2) is 12.1 Å². The standard InChI is InChI=1S/C19H17NOS/c1-21-14-9-7-13(8-10-14)18-12-16(19-6-3-11-22-19)15-4-2-5-17(15)20-18/h3,6-12H,2,4-5H2,1H3. The fourth-order valence-corrected chi connectivity index (χ4v) is 3.87. The van der Waals surface area contributed by atoms with Crippen LogP contribution in [0, 0.1) is 0 Å². The summed E-state index contributed by atoms with van der Waals surface area (Å²) >= 11 is 1.80. The summed E-state index contributed by atoms with van der Waals surface area (Å²) in [6, 6.07) is 14.7. The SMILES string of the molecule is COc1ccc(-c2cc(-c3cccs3)c3c(n2)CCC3)cc1. The lowest BCUT2D eigenvalue weighted by atomic mass is 10.0. The number of thiophene rings is 1. The van der Waals surface area contributed by atoms with Crippen LogP contribution in [0.3, 0.4) is 0 Å². The molecule has 0 unspecified atom stereocenters. The Bertz CT molecular complexity index is 791. The molecule has 0 atom stereocenters. The lowest BCUT2D eigenvalue weighted by molar-refractivity contribution is 0.415. The maximum absolute atomic E-state index is 5.24. The van der Waals surface area contributed by atoms with E-state index in [0.29, 0.717) is 0 Å². The van der Waals surface area contributed by atoms with Crippen molar-refractivity contribution in [1.82, 2.24) is 4.98 Å². The van der Waals surface area contributed by atoms with Crippen LogP contribution in [-0.2, 0) is 12.8 Å². The van der Waals surface area contributed by atoms with E-state index < -0.39 is 0 Å². The zero-order valence-electron chi connectivity index (χ0n) is 12.5. The molecule has 0 saturated carbocycles. The Labute approximate surface area is 134 Å². The van der Waals surface area contributed by atoms with Crippen molar-refractivity contribution in [2.45, 2.75) is 19.3 Å². The van der Waals surface area contributed by atoms with Crippen LogP contribution in [0.2, 0.25) is 0 Å². The van der Waals surface area contributed by atoms with Gasteiger partial charge in [-0.25, -0.2) is 0 Å². The zero-order valence-corrected chi connectivity index (χ0v) is 13.3. The van der Waals surface area contributed by atoms with Crippen molar-refractivity contribution in [3.8, 4) is 27.4 Å². The fraction of sp³-hybridized carbons (Fsp3) is 0.211. The molecule has 0 saturated heterocycles. The van der Waals surface area contributed by atoms with Gasteiger partial charge in [-0.3, -0.25) is 4.98 Å². The molecule has 2 heterocycles. The summed E-state index contributed by atoms with van der Waals surface area (Å²) in [6.07, 6.45) is 3.46. The number of ether oxygens (including phenoxy) is 1. The molecule has 4 rings (SSSR count). The predicted octanol–water partition coefficient (Wildman–Crippen LogP) is 4.97. The third-order valence-electron chi connectivity index (χ3n) is 4.22. The first-order valence-corrected chi connectivity index (χ1v) is 8.44. The van der Waals surface area contributed by atoms with Gasteiger partial charge >= 0.3 is 0 Å². The van der Waals surface area contributed by atoms with Gasteiger partial charge < -0.3 is 4.74 Å². The molecule has 0 N–H and O–H groups in total. The van der Waals surface area contributed by atoms with E-state index in [0.717, 1.165) is 29.8 Å². The molecule has 0 spiro atoms. The van der Waals surface area contributed by atoms with Crippen molar-refractivity contribution < 1.29 is 4.74 Å². The van der Waals surface area contributed by atoms with Crippen LogP contribution in [0.5, 0.6) is 5.75 Å². The maximum atomic E-state index is 5.24. The summed E-state index contributed by atoms with van der Waals surface area (Å²) < 4.78 is 5.24. The van der Waals surface area contributed by atoms with Crippen molar-refractivity contribution >= 4 is 11.3 Å². The number of nitrogens with zero attached hydrogens (tertiary/aromatic N) is 1. The number of hydrogen-bond donors (Lipinski definition) is 0. The summed E-state index contributed by atoms with van der Waals surface area (Å²) in [5.41, 5.74) is 6.29. The number of hydrogen-bond acceptors (Lipinski definition) is 3. The lowest BCUT2D eigenvalue weighted by Gasteiger charge is -2.11. The molecule has 1 aliphatic rings. The molecule has 1 aliphatic carbocycles. The van der Waals surface area contributed by atoms with E-state index in [4.69, 9.17) is 9.72 Å². The number of rotatable bonds is 3. The number of benzene rings is 1. The number of pyridine rings is 1. The van der Waals surface area contributed by atoms with Gasteiger partial charge in [-0.05, 0) is 72.2 Å². The van der Waals surface area contributed by atoms with E-state index in [1.54, 1.807) is 18.4 Å². The number of aryl methyl sites for hydroxylation is 1. The molecule has 0 radical (unpaired) electrons. The van der Waals surface area contributed by atoms with Gasteiger partial charge in [0.25, 0.3) is 0 Å². The first-order chi connectivity index (χ1) is 10.8. The topological polar surface area (TPSA) is 22.1 Å². The Morgan fingerprint density at radius 2 is 1.95 bits per heavy atom. The van der Waals surface area contributed by atoms with Crippen LogP contribution in [0.15, 0.2) is 47.8 Å². The molecule has 22 heavy (non-hydrogen) atoms. The molecular formula is C19H17NOS. The van der Waals surface area contributed by atoms with Gasteiger partial charge in [0.15, 0.2) is 0 Å². The average molecular weight is 307 g/mol. The third kappa shape index (κ3) is 2.32. The van der Waals surface area contributed by atoms with Crippen molar-refractivity contribution in [2.24, 2.45) is 0 Å². The lowest BCUT2D eigenvalue weighted by Crippen LogP contribution is -1.95. The van der Waals surface area contributed by atoms with Crippen LogP contribution >= 0.6 is 11.3 Å². The Hall–Kier alpha value is -2.13. The van der Waals surface area contributed by atoms with Crippen LogP contribution in [0.1, 0.15) is 17.7 Å². The van der Waals surface area contributed by atoms with Gasteiger partial charge in [-0.1, -0.05) is 6.07 Å². The first kappa shape index (κ1) is 13.5. The molecule has 2 aromatic heterocycles. The van der Waals surface area contributed by atoms with Gasteiger partial charge in [0.1, 0.15) is 5.75 Å². The second-order valence-electron chi connectivity index (χ2n) is 5.54. The van der Waals surface area contributed by atoms with E-state index in [-0.39, 0.29) is 0 Å². The minimum absolute atomic E-state index is 0.878. The predicted molar refractivity (Wildman–Crippen MR) is 91.6 cm³/mol. The normalized spacial score (nSPS) is 13.1. The van der Waals surface area contributed by atoms with Crippen molar-refractivity contribution in [3.05, 3.63) is 59.1 Å². The molecular weight excluding hydrogens is 290 g/mol. The van der Waals surface area contributed by atoms with Gasteiger partial charge in [0, 0.05) is 16.1 Å². The number of fused-ring (bicyclic) bond motifs is 1. The second-order valence-corrected chi connectivity index (χ2v) is 6.49. The second kappa shape index (κ2) is 5.58. The Morgan fingerprint density at radius 3 is 2.68 bits per heavy atom. The summed E-state index contributed by atoms with van der Waals surface area (Å²) in [5.74, 6) is 0.878. The molecule has 0 fully saturated rings. The highest BCUT2D eigenvalue weighted by molar-refractivity contribution is 7.13. The molecule has 3 heteroatoms. The van der Waals surface area contributed by atoms with E-state index in [9.17, 15) is 0 Å². The Kier molecular flexibility index (Phi) is 3.43. The summed E-state index contributed by atoms with van der Waals surface area (Å²) in [7, 11) is 1.69. The minimum Gasteiger partial charge on any atom is -0.497 e. The van der Waals surface area contributed by atoms with E-state index >= 15 is 0 Å². The van der Waals surface area contributed by atoms with Crippen LogP contribution in [0.4, 0.5) is 0 Å². The highest BCUT2D eigenvalue weighted by Gasteiger charge is 2.19. The molecule has 1 aromatic carbocycles. The smallest absolute Gasteiger partial charge is 0.118 e. The number of methoxy groups -OCH3 is 1. The van der Waals surface area contributed by atoms with Crippen LogP contribution in [0.25, 0.3) is 21.7 Å². The van der Waals surface area contributed by atoms with E-state index in [2.05, 4.69) is 35.7 Å². The molecule has 2 nitrogen and oxygen atoms in total. The Balaban J connectivity index is 1.85. The summed E-state index contributed by atoms with van der Waals surface area (Å²) in [6.45, 7) is 0. The molecule has 110 valence electrons. The van der Waals surface area contributed by atoms with Gasteiger partial charge in [-0.2, -0.15) is 0 Å². The minimum atomic E-state index is 0.878. The largest absolute Gasteiger partial charge is 0.497 e. The van der Waals surface area contributed by atoms with Crippen molar-refractivity contribution in [1.29, 1.82) is 0 Å². The zero-order chi connectivity index (χ0) is 14.9. The van der Waals surface area contributed by atoms with Crippen LogP contribution < -0.4 is 4.74 Å². The Morgan fingerprint density at radius 1 is 1.09 bits per heavy atom. The van der Waals surface area contributed by atoms with Gasteiger partial charge in [0.2, 0.25) is 0 Å². The highest BCUT2D eigenvalue weighted by Crippen LogP contribution is 2.36. The molecule has 0 bridgehead atoms. The third-order valence-corrected chi connectivity index (χ3v) is 5.13. The summed E-state index contributed by atoms with van der Waals surface area (Å²) in [5, 5.41) is 2.14. The van der Waals surface area contributed by atoms with E-state index in [1.807, 2.05) is 12.1 Å². The van der Waals surface area contributed by atoms with E-state index in [1.165, 1.54) is 28.1 Å². The fourth-order valence-electron chi connectivity index (χ4n) is 3.10. The van der Waals surface area contributed by atoms with Crippen molar-refractivity contribution in [3.63, 3.8) is 0 Å². The number of aromatic nitrogens is 1. The van der Waals surface area contributed by atoms with Gasteiger partial charge in [0.05, 0.1) is 12.8 Å². The first-order valence-electron chi connectivity index (χ1n) is 7.56.